The zero-order chi connectivity index (χ0) is 7.72. The topological polar surface area (TPSA) is 74.8 Å². The van der Waals surface area contributed by atoms with Crippen LogP contribution in [0, 0.1) is 19.3 Å². The monoisotopic (exact) mass is 140 g/mol. The Kier molecular flexibility index (Phi) is 1.41. The van der Waals surface area contributed by atoms with Crippen LogP contribution in [0.4, 0.5) is 0 Å². The molecule has 0 unspecified atom stereocenters. The fourth-order valence-electron chi connectivity index (χ4n) is 0.546. The van der Waals surface area contributed by atoms with E-state index in [1.54, 1.807) is 13.8 Å². The maximum atomic E-state index is 8.78. The molecule has 1 aromatic heterocycles. The van der Waals surface area contributed by atoms with Crippen LogP contribution >= 0.6 is 0 Å². The van der Waals surface area contributed by atoms with Crippen molar-refractivity contribution < 1.29 is 5.21 Å². The summed E-state index contributed by atoms with van der Waals surface area (Å²) in [5, 5.41) is 19.4. The summed E-state index contributed by atoms with van der Waals surface area (Å²) in [4.78, 5) is 4.14. The van der Waals surface area contributed by atoms with Crippen molar-refractivity contribution in [2.75, 3.05) is 0 Å². The van der Waals surface area contributed by atoms with Gasteiger partial charge in [0.25, 0.3) is 5.62 Å². The summed E-state index contributed by atoms with van der Waals surface area (Å²) >= 11 is 0. The van der Waals surface area contributed by atoms with Gasteiger partial charge in [0.05, 0.1) is 11.4 Å². The Morgan fingerprint density at radius 3 is 2.50 bits per heavy atom. The summed E-state index contributed by atoms with van der Waals surface area (Å²) in [7, 11) is 0. The Bertz CT molecular complexity index is 303. The predicted molar refractivity (Wildman–Crippen MR) is 32.5 cm³/mol. The molecule has 0 aliphatic heterocycles. The molecule has 0 atom stereocenters. The second kappa shape index (κ2) is 2.09. The minimum absolute atomic E-state index is 0.247. The van der Waals surface area contributed by atoms with Gasteiger partial charge in [-0.1, -0.05) is 4.85 Å². The van der Waals surface area contributed by atoms with Gasteiger partial charge in [-0.15, -0.1) is 5.10 Å². The van der Waals surface area contributed by atoms with E-state index in [2.05, 4.69) is 10.1 Å². The number of hydrogen-bond acceptors (Lipinski definition) is 4. The van der Waals surface area contributed by atoms with Crippen molar-refractivity contribution in [3.05, 3.63) is 17.0 Å². The Labute approximate surface area is 57.4 Å². The molecule has 0 saturated carbocycles. The zero-order valence-electron chi connectivity index (χ0n) is 5.79. The highest BCUT2D eigenvalue weighted by atomic mass is 16.5. The van der Waals surface area contributed by atoms with Crippen LogP contribution < -0.4 is 5.62 Å². The van der Waals surface area contributed by atoms with Crippen LogP contribution in [0.3, 0.4) is 0 Å². The van der Waals surface area contributed by atoms with Crippen LogP contribution in [0.5, 0.6) is 0 Å². The van der Waals surface area contributed by atoms with Crippen molar-refractivity contribution in [2.45, 2.75) is 13.8 Å². The zero-order valence-corrected chi connectivity index (χ0v) is 5.79. The Morgan fingerprint density at radius 2 is 2.00 bits per heavy atom. The van der Waals surface area contributed by atoms with Crippen molar-refractivity contribution in [3.63, 3.8) is 0 Å². The molecule has 0 spiro atoms. The van der Waals surface area contributed by atoms with Gasteiger partial charge in [0.2, 0.25) is 0 Å². The standard InChI is InChI=1S/C5H8N4O/c1-3-4(2)8-9(10)5(6)7-3/h6,10H,1-2H3. The molecule has 0 aliphatic rings. The summed E-state index contributed by atoms with van der Waals surface area (Å²) < 4.78 is 0. The fraction of sp³-hybridized carbons (Fsp3) is 0.400. The molecular formula is C5H8N4O. The smallest absolute Gasteiger partial charge is 0.277 e. The minimum Gasteiger partial charge on any atom is -0.409 e. The van der Waals surface area contributed by atoms with E-state index in [1.807, 2.05) is 0 Å². The van der Waals surface area contributed by atoms with E-state index >= 15 is 0 Å². The highest BCUT2D eigenvalue weighted by Crippen LogP contribution is 1.90. The predicted octanol–water partition coefficient (Wildman–Crippen LogP) is -0.388. The molecule has 0 amide bonds. The van der Waals surface area contributed by atoms with Crippen molar-refractivity contribution in [1.29, 1.82) is 5.41 Å². The molecule has 54 valence electrons. The Morgan fingerprint density at radius 1 is 1.40 bits per heavy atom. The highest BCUT2D eigenvalue weighted by Gasteiger charge is 1.96. The van der Waals surface area contributed by atoms with Crippen LogP contribution in [0.1, 0.15) is 11.4 Å². The number of rotatable bonds is 0. The molecule has 0 aliphatic carbocycles. The number of aromatic nitrogens is 3. The number of nitrogens with zero attached hydrogens (tertiary/aromatic N) is 3. The largest absolute Gasteiger partial charge is 0.409 e. The molecule has 1 heterocycles. The molecule has 0 fully saturated rings. The molecule has 5 heteroatoms. The molecule has 0 bridgehead atoms. The van der Waals surface area contributed by atoms with E-state index < -0.39 is 0 Å². The van der Waals surface area contributed by atoms with Gasteiger partial charge in [-0.25, -0.2) is 4.98 Å². The average Bonchev–Trinajstić information content (AvgIpc) is 1.84. The third-order valence-corrected chi connectivity index (χ3v) is 1.23. The van der Waals surface area contributed by atoms with E-state index in [-0.39, 0.29) is 5.62 Å². The van der Waals surface area contributed by atoms with Gasteiger partial charge in [-0.2, -0.15) is 0 Å². The van der Waals surface area contributed by atoms with Gasteiger partial charge in [-0.3, -0.25) is 5.41 Å². The lowest BCUT2D eigenvalue weighted by Crippen LogP contribution is -2.25. The van der Waals surface area contributed by atoms with Gasteiger partial charge < -0.3 is 5.21 Å². The first kappa shape index (κ1) is 6.73. The van der Waals surface area contributed by atoms with Gasteiger partial charge in [0, 0.05) is 0 Å². The van der Waals surface area contributed by atoms with E-state index in [0.29, 0.717) is 16.2 Å². The minimum atomic E-state index is -0.247. The Hall–Kier alpha value is -1.39. The van der Waals surface area contributed by atoms with Gasteiger partial charge in [0.1, 0.15) is 0 Å². The third kappa shape index (κ3) is 0.975. The second-order valence-corrected chi connectivity index (χ2v) is 2.00. The van der Waals surface area contributed by atoms with Crippen molar-refractivity contribution >= 4 is 0 Å². The molecule has 10 heavy (non-hydrogen) atoms. The number of nitrogens with one attached hydrogen (secondary N) is 1. The van der Waals surface area contributed by atoms with Crippen LogP contribution in [-0.2, 0) is 0 Å². The van der Waals surface area contributed by atoms with Gasteiger partial charge in [-0.05, 0) is 13.8 Å². The summed E-state index contributed by atoms with van der Waals surface area (Å²) in [6.07, 6.45) is 0. The van der Waals surface area contributed by atoms with Gasteiger partial charge in [0.15, 0.2) is 0 Å². The van der Waals surface area contributed by atoms with Gasteiger partial charge >= 0.3 is 0 Å². The van der Waals surface area contributed by atoms with Crippen molar-refractivity contribution in [2.24, 2.45) is 0 Å². The summed E-state index contributed by atoms with van der Waals surface area (Å²) in [6.45, 7) is 3.45. The lowest BCUT2D eigenvalue weighted by atomic mass is 10.4. The summed E-state index contributed by atoms with van der Waals surface area (Å²) in [5.41, 5.74) is 1.04. The van der Waals surface area contributed by atoms with Crippen molar-refractivity contribution in [1.82, 2.24) is 14.9 Å². The first-order chi connectivity index (χ1) is 4.61. The molecule has 1 aromatic rings. The fourth-order valence-corrected chi connectivity index (χ4v) is 0.546. The quantitative estimate of drug-likeness (QED) is 0.482. The molecule has 0 radical (unpaired) electrons. The first-order valence-corrected chi connectivity index (χ1v) is 2.79. The summed E-state index contributed by atoms with van der Waals surface area (Å²) in [5.74, 6) is 0. The normalized spacial score (nSPS) is 9.80. The maximum Gasteiger partial charge on any atom is 0.277 e. The third-order valence-electron chi connectivity index (χ3n) is 1.23. The molecule has 2 N–H and O–H groups in total. The van der Waals surface area contributed by atoms with Crippen LogP contribution in [0.25, 0.3) is 0 Å². The summed E-state index contributed by atoms with van der Waals surface area (Å²) in [6, 6.07) is 0. The van der Waals surface area contributed by atoms with Crippen LogP contribution in [0.2, 0.25) is 0 Å². The molecule has 0 saturated heterocycles. The lowest BCUT2D eigenvalue weighted by molar-refractivity contribution is 0.122. The molecular weight excluding hydrogens is 132 g/mol. The maximum absolute atomic E-state index is 8.78. The number of aryl methyl sites for hydroxylation is 2. The highest BCUT2D eigenvalue weighted by molar-refractivity contribution is 5.01. The van der Waals surface area contributed by atoms with E-state index in [9.17, 15) is 0 Å². The van der Waals surface area contributed by atoms with Crippen LogP contribution in [-0.4, -0.2) is 20.1 Å². The SMILES string of the molecule is Cc1nc(=N)n(O)nc1C. The van der Waals surface area contributed by atoms with E-state index in [0.717, 1.165) is 0 Å². The molecule has 0 aromatic carbocycles. The molecule has 5 nitrogen and oxygen atoms in total. The second-order valence-electron chi connectivity index (χ2n) is 2.00. The average molecular weight is 140 g/mol. The number of hydrogen-bond donors (Lipinski definition) is 2. The van der Waals surface area contributed by atoms with E-state index in [4.69, 9.17) is 10.6 Å². The van der Waals surface area contributed by atoms with Crippen LogP contribution in [0.15, 0.2) is 0 Å². The Balaban J connectivity index is 3.43. The van der Waals surface area contributed by atoms with E-state index in [1.165, 1.54) is 0 Å². The first-order valence-electron chi connectivity index (χ1n) is 2.79. The van der Waals surface area contributed by atoms with Crippen molar-refractivity contribution in [3.8, 4) is 0 Å². The molecule has 1 rings (SSSR count). The lowest BCUT2D eigenvalue weighted by Gasteiger charge is -1.98.